The van der Waals surface area contributed by atoms with E-state index in [1.165, 1.54) is 4.88 Å². The second-order valence-electron chi connectivity index (χ2n) is 2.61. The molecule has 13 heavy (non-hydrogen) atoms. The lowest BCUT2D eigenvalue weighted by Gasteiger charge is -2.02. The average Bonchev–Trinajstić information content (AvgIpc) is 2.51. The minimum Gasteiger partial charge on any atom is -0.375 e. The van der Waals surface area contributed by atoms with Crippen molar-refractivity contribution in [2.75, 3.05) is 19.7 Å². The molecule has 1 N–H and O–H groups in total. The van der Waals surface area contributed by atoms with Gasteiger partial charge in [-0.15, -0.1) is 11.3 Å². The Bertz CT molecular complexity index is 239. The van der Waals surface area contributed by atoms with Crippen molar-refractivity contribution in [2.24, 2.45) is 0 Å². The summed E-state index contributed by atoms with van der Waals surface area (Å²) in [5, 5.41) is 3.19. The van der Waals surface area contributed by atoms with Crippen LogP contribution in [0.3, 0.4) is 0 Å². The molecule has 0 atom stereocenters. The molecule has 0 aliphatic rings. The molecular weight excluding hydrogens is 206 g/mol. The zero-order valence-electron chi connectivity index (χ0n) is 7.68. The molecule has 74 valence electrons. The van der Waals surface area contributed by atoms with Crippen molar-refractivity contribution >= 4 is 22.9 Å². The van der Waals surface area contributed by atoms with E-state index in [1.807, 2.05) is 12.1 Å². The predicted molar refractivity (Wildman–Crippen MR) is 57.5 cm³/mol. The van der Waals surface area contributed by atoms with Crippen molar-refractivity contribution < 1.29 is 4.74 Å². The van der Waals surface area contributed by atoms with Gasteiger partial charge in [0.25, 0.3) is 0 Å². The van der Waals surface area contributed by atoms with Gasteiger partial charge in [-0.25, -0.2) is 0 Å². The number of ether oxygens (including phenoxy) is 1. The molecule has 2 nitrogen and oxygen atoms in total. The Labute approximate surface area is 87.9 Å². The fraction of sp³-hybridized carbons (Fsp3) is 0.556. The van der Waals surface area contributed by atoms with Gasteiger partial charge in [0.2, 0.25) is 0 Å². The van der Waals surface area contributed by atoms with Gasteiger partial charge in [-0.05, 0) is 18.7 Å². The fourth-order valence-electron chi connectivity index (χ4n) is 0.923. The van der Waals surface area contributed by atoms with Crippen LogP contribution < -0.4 is 5.32 Å². The molecule has 0 saturated heterocycles. The molecule has 4 heteroatoms. The Kier molecular flexibility index (Phi) is 5.39. The molecule has 0 aliphatic carbocycles. The van der Waals surface area contributed by atoms with Gasteiger partial charge in [-0.2, -0.15) is 0 Å². The molecule has 1 heterocycles. The van der Waals surface area contributed by atoms with Crippen LogP contribution in [0.25, 0.3) is 0 Å². The van der Waals surface area contributed by atoms with Gasteiger partial charge in [0.15, 0.2) is 0 Å². The summed E-state index contributed by atoms with van der Waals surface area (Å²) < 4.78 is 6.25. The van der Waals surface area contributed by atoms with Gasteiger partial charge in [0.05, 0.1) is 17.6 Å². The van der Waals surface area contributed by atoms with Crippen molar-refractivity contribution in [1.82, 2.24) is 5.32 Å². The molecule has 0 aliphatic heterocycles. The van der Waals surface area contributed by atoms with E-state index in [2.05, 4.69) is 12.2 Å². The Morgan fingerprint density at radius 3 is 3.00 bits per heavy atom. The first-order valence-corrected chi connectivity index (χ1v) is 5.55. The van der Waals surface area contributed by atoms with Crippen LogP contribution in [0.2, 0.25) is 4.34 Å². The quantitative estimate of drug-likeness (QED) is 0.743. The zero-order valence-corrected chi connectivity index (χ0v) is 9.25. The van der Waals surface area contributed by atoms with Crippen LogP contribution in [0.1, 0.15) is 11.8 Å². The van der Waals surface area contributed by atoms with E-state index in [0.717, 1.165) is 24.0 Å². The first-order valence-electron chi connectivity index (χ1n) is 4.35. The lowest BCUT2D eigenvalue weighted by Crippen LogP contribution is -2.18. The van der Waals surface area contributed by atoms with Gasteiger partial charge in [-0.3, -0.25) is 0 Å². The Morgan fingerprint density at radius 2 is 2.38 bits per heavy atom. The third kappa shape index (κ3) is 4.62. The van der Waals surface area contributed by atoms with Gasteiger partial charge in [0, 0.05) is 11.4 Å². The Morgan fingerprint density at radius 1 is 1.54 bits per heavy atom. The molecule has 0 amide bonds. The average molecular weight is 220 g/mol. The summed E-state index contributed by atoms with van der Waals surface area (Å²) in [6.45, 7) is 5.41. The second-order valence-corrected chi connectivity index (χ2v) is 4.41. The lowest BCUT2D eigenvalue weighted by molar-refractivity contribution is 0.125. The van der Waals surface area contributed by atoms with E-state index >= 15 is 0 Å². The van der Waals surface area contributed by atoms with Crippen molar-refractivity contribution in [2.45, 2.75) is 13.5 Å². The SMILES string of the molecule is CCNCCOCc1ccc(Cl)s1. The molecule has 1 aromatic heterocycles. The number of hydrogen-bond donors (Lipinski definition) is 1. The largest absolute Gasteiger partial charge is 0.375 e. The van der Waals surface area contributed by atoms with E-state index in [9.17, 15) is 0 Å². The van der Waals surface area contributed by atoms with Crippen LogP contribution >= 0.6 is 22.9 Å². The molecular formula is C9H14ClNOS. The van der Waals surface area contributed by atoms with Crippen LogP contribution in [0, 0.1) is 0 Å². The van der Waals surface area contributed by atoms with Crippen molar-refractivity contribution in [1.29, 1.82) is 0 Å². The van der Waals surface area contributed by atoms with Gasteiger partial charge in [-0.1, -0.05) is 18.5 Å². The molecule has 1 rings (SSSR count). The normalized spacial score (nSPS) is 10.6. The highest BCUT2D eigenvalue weighted by atomic mass is 35.5. The summed E-state index contributed by atoms with van der Waals surface area (Å²) in [6, 6.07) is 3.90. The summed E-state index contributed by atoms with van der Waals surface area (Å²) >= 11 is 7.35. The summed E-state index contributed by atoms with van der Waals surface area (Å²) in [5.41, 5.74) is 0. The molecule has 0 aromatic carbocycles. The minimum atomic E-state index is 0.669. The second kappa shape index (κ2) is 6.38. The van der Waals surface area contributed by atoms with E-state index in [-0.39, 0.29) is 0 Å². The molecule has 0 fully saturated rings. The number of halogens is 1. The number of hydrogen-bond acceptors (Lipinski definition) is 3. The highest BCUT2D eigenvalue weighted by molar-refractivity contribution is 7.16. The monoisotopic (exact) mass is 219 g/mol. The summed E-state index contributed by atoms with van der Waals surface area (Å²) in [5.74, 6) is 0. The first-order chi connectivity index (χ1) is 6.33. The molecule has 0 bridgehead atoms. The lowest BCUT2D eigenvalue weighted by atomic mass is 10.5. The van der Waals surface area contributed by atoms with E-state index in [4.69, 9.17) is 16.3 Å². The number of thiophene rings is 1. The van der Waals surface area contributed by atoms with Crippen molar-refractivity contribution in [3.63, 3.8) is 0 Å². The Hall–Kier alpha value is -0.0900. The minimum absolute atomic E-state index is 0.669. The van der Waals surface area contributed by atoms with Gasteiger partial charge < -0.3 is 10.1 Å². The molecule has 0 saturated carbocycles. The smallest absolute Gasteiger partial charge is 0.0932 e. The summed E-state index contributed by atoms with van der Waals surface area (Å²) in [7, 11) is 0. The van der Waals surface area contributed by atoms with Crippen molar-refractivity contribution in [3.8, 4) is 0 Å². The predicted octanol–water partition coefficient (Wildman–Crippen LogP) is 2.53. The van der Waals surface area contributed by atoms with E-state index < -0.39 is 0 Å². The Balaban J connectivity index is 2.06. The fourth-order valence-corrected chi connectivity index (χ4v) is 1.95. The topological polar surface area (TPSA) is 21.3 Å². The zero-order chi connectivity index (χ0) is 9.52. The van der Waals surface area contributed by atoms with E-state index in [0.29, 0.717) is 6.61 Å². The van der Waals surface area contributed by atoms with Crippen LogP contribution in [0.5, 0.6) is 0 Å². The third-order valence-electron chi connectivity index (χ3n) is 1.55. The maximum absolute atomic E-state index is 5.77. The van der Waals surface area contributed by atoms with Crippen LogP contribution in [-0.4, -0.2) is 19.7 Å². The summed E-state index contributed by atoms with van der Waals surface area (Å²) in [4.78, 5) is 1.18. The first kappa shape index (κ1) is 11.0. The van der Waals surface area contributed by atoms with Crippen LogP contribution in [0.4, 0.5) is 0 Å². The van der Waals surface area contributed by atoms with Crippen LogP contribution in [0.15, 0.2) is 12.1 Å². The number of likely N-dealkylation sites (N-methyl/N-ethyl adjacent to an activating group) is 1. The highest BCUT2D eigenvalue weighted by Gasteiger charge is 1.96. The van der Waals surface area contributed by atoms with Crippen LogP contribution in [-0.2, 0) is 11.3 Å². The highest BCUT2D eigenvalue weighted by Crippen LogP contribution is 2.21. The molecule has 1 aromatic rings. The van der Waals surface area contributed by atoms with E-state index in [1.54, 1.807) is 11.3 Å². The number of nitrogens with one attached hydrogen (secondary N) is 1. The third-order valence-corrected chi connectivity index (χ3v) is 2.75. The maximum atomic E-state index is 5.77. The number of rotatable bonds is 6. The molecule has 0 spiro atoms. The standard InChI is InChI=1S/C9H14ClNOS/c1-2-11-5-6-12-7-8-3-4-9(10)13-8/h3-4,11H,2,5-7H2,1H3. The maximum Gasteiger partial charge on any atom is 0.0932 e. The van der Waals surface area contributed by atoms with Crippen molar-refractivity contribution in [3.05, 3.63) is 21.3 Å². The van der Waals surface area contributed by atoms with Gasteiger partial charge in [0.1, 0.15) is 0 Å². The summed E-state index contributed by atoms with van der Waals surface area (Å²) in [6.07, 6.45) is 0. The molecule has 0 unspecified atom stereocenters. The molecule has 0 radical (unpaired) electrons. The van der Waals surface area contributed by atoms with Gasteiger partial charge >= 0.3 is 0 Å².